The maximum absolute atomic E-state index is 12.3. The van der Waals surface area contributed by atoms with Crippen LogP contribution >= 0.6 is 0 Å². The van der Waals surface area contributed by atoms with Crippen LogP contribution in [0.1, 0.15) is 15.9 Å². The Kier molecular flexibility index (Phi) is 3.28. The third-order valence-electron chi connectivity index (χ3n) is 2.82. The van der Waals surface area contributed by atoms with Gasteiger partial charge in [0.15, 0.2) is 0 Å². The van der Waals surface area contributed by atoms with Gasteiger partial charge < -0.3 is 10.0 Å². The first-order chi connectivity index (χ1) is 8.61. The number of amides is 1. The number of aromatic nitrogens is 1. The molecule has 1 heterocycles. The maximum Gasteiger partial charge on any atom is 0.261 e. The van der Waals surface area contributed by atoms with Crippen molar-refractivity contribution in [3.8, 4) is 5.75 Å². The zero-order valence-corrected chi connectivity index (χ0v) is 10.3. The van der Waals surface area contributed by atoms with Crippen LogP contribution in [0.25, 0.3) is 0 Å². The number of aromatic hydroxyl groups is 1. The lowest BCUT2D eigenvalue weighted by molar-refractivity contribution is 0.0990. The van der Waals surface area contributed by atoms with Crippen LogP contribution in [0.3, 0.4) is 0 Å². The van der Waals surface area contributed by atoms with E-state index in [-0.39, 0.29) is 11.7 Å². The van der Waals surface area contributed by atoms with Gasteiger partial charge in [0.2, 0.25) is 0 Å². The number of carbonyl (C=O) groups excluding carboxylic acids is 1. The summed E-state index contributed by atoms with van der Waals surface area (Å²) in [5.74, 6) is -0.217. The SMILES string of the molecule is Cc1cccc(C(=O)N(C)c2ccncc2)c1O. The van der Waals surface area contributed by atoms with E-state index in [0.29, 0.717) is 11.1 Å². The van der Waals surface area contributed by atoms with Crippen molar-refractivity contribution in [2.75, 3.05) is 11.9 Å². The lowest BCUT2D eigenvalue weighted by Gasteiger charge is -2.18. The Bertz CT molecular complexity index is 567. The normalized spacial score (nSPS) is 10.1. The number of phenolic OH excluding ortho intramolecular Hbond substituents is 1. The quantitative estimate of drug-likeness (QED) is 0.879. The smallest absolute Gasteiger partial charge is 0.261 e. The van der Waals surface area contributed by atoms with Gasteiger partial charge in [-0.25, -0.2) is 0 Å². The highest BCUT2D eigenvalue weighted by Gasteiger charge is 2.17. The summed E-state index contributed by atoms with van der Waals surface area (Å²) < 4.78 is 0. The molecule has 1 aromatic carbocycles. The van der Waals surface area contributed by atoms with E-state index in [9.17, 15) is 9.90 Å². The van der Waals surface area contributed by atoms with E-state index in [1.807, 2.05) is 0 Å². The number of nitrogens with zero attached hydrogens (tertiary/aromatic N) is 2. The number of anilines is 1. The molecule has 0 atom stereocenters. The number of rotatable bonds is 2. The van der Waals surface area contributed by atoms with Crippen molar-refractivity contribution < 1.29 is 9.90 Å². The molecule has 0 spiro atoms. The number of para-hydroxylation sites is 1. The van der Waals surface area contributed by atoms with Crippen molar-refractivity contribution in [3.05, 3.63) is 53.9 Å². The summed E-state index contributed by atoms with van der Waals surface area (Å²) in [5.41, 5.74) is 1.72. The molecule has 1 amide bonds. The topological polar surface area (TPSA) is 53.4 Å². The van der Waals surface area contributed by atoms with E-state index in [4.69, 9.17) is 0 Å². The predicted octanol–water partition coefficient (Wildman–Crippen LogP) is 2.37. The molecule has 18 heavy (non-hydrogen) atoms. The monoisotopic (exact) mass is 242 g/mol. The zero-order valence-electron chi connectivity index (χ0n) is 10.3. The van der Waals surface area contributed by atoms with Crippen molar-refractivity contribution in [1.82, 2.24) is 4.98 Å². The first-order valence-corrected chi connectivity index (χ1v) is 5.58. The van der Waals surface area contributed by atoms with E-state index in [1.165, 1.54) is 4.90 Å². The summed E-state index contributed by atoms with van der Waals surface area (Å²) in [7, 11) is 1.67. The van der Waals surface area contributed by atoms with Crippen molar-refractivity contribution in [1.29, 1.82) is 0 Å². The fourth-order valence-electron chi connectivity index (χ4n) is 1.70. The van der Waals surface area contributed by atoms with Gasteiger partial charge in [-0.15, -0.1) is 0 Å². The summed E-state index contributed by atoms with van der Waals surface area (Å²) in [6.07, 6.45) is 3.24. The van der Waals surface area contributed by atoms with Crippen molar-refractivity contribution in [2.45, 2.75) is 6.92 Å². The second-order valence-electron chi connectivity index (χ2n) is 4.04. The summed E-state index contributed by atoms with van der Waals surface area (Å²) >= 11 is 0. The third kappa shape index (κ3) is 2.18. The molecule has 1 N–H and O–H groups in total. The van der Waals surface area contributed by atoms with Crippen LogP contribution < -0.4 is 4.90 Å². The maximum atomic E-state index is 12.3. The molecule has 4 heteroatoms. The average Bonchev–Trinajstić information content (AvgIpc) is 2.41. The molecule has 0 radical (unpaired) electrons. The number of aryl methyl sites for hydroxylation is 1. The molecule has 4 nitrogen and oxygen atoms in total. The Labute approximate surface area is 106 Å². The van der Waals surface area contributed by atoms with Crippen LogP contribution in [0.2, 0.25) is 0 Å². The Morgan fingerprint density at radius 3 is 2.56 bits per heavy atom. The first-order valence-electron chi connectivity index (χ1n) is 5.58. The molecule has 0 saturated heterocycles. The van der Waals surface area contributed by atoms with Gasteiger partial charge >= 0.3 is 0 Å². The summed E-state index contributed by atoms with van der Waals surface area (Å²) in [6.45, 7) is 1.76. The minimum atomic E-state index is -0.248. The van der Waals surface area contributed by atoms with E-state index in [1.54, 1.807) is 56.7 Å². The molecule has 0 aliphatic rings. The summed E-state index contributed by atoms with van der Waals surface area (Å²) in [6, 6.07) is 8.61. The van der Waals surface area contributed by atoms with Gasteiger partial charge in [0.25, 0.3) is 5.91 Å². The molecule has 0 aliphatic carbocycles. The van der Waals surface area contributed by atoms with Crippen molar-refractivity contribution >= 4 is 11.6 Å². The molecule has 1 aromatic heterocycles. The highest BCUT2D eigenvalue weighted by molar-refractivity contribution is 6.07. The van der Waals surface area contributed by atoms with Crippen LogP contribution in [-0.2, 0) is 0 Å². The van der Waals surface area contributed by atoms with Gasteiger partial charge in [0, 0.05) is 25.1 Å². The number of pyridine rings is 1. The largest absolute Gasteiger partial charge is 0.507 e. The second-order valence-corrected chi connectivity index (χ2v) is 4.04. The second kappa shape index (κ2) is 4.87. The van der Waals surface area contributed by atoms with Crippen LogP contribution in [0.5, 0.6) is 5.75 Å². The third-order valence-corrected chi connectivity index (χ3v) is 2.82. The summed E-state index contributed by atoms with van der Waals surface area (Å²) in [5, 5.41) is 9.90. The fraction of sp³-hybridized carbons (Fsp3) is 0.143. The van der Waals surface area contributed by atoms with Crippen LogP contribution in [-0.4, -0.2) is 23.0 Å². The molecular weight excluding hydrogens is 228 g/mol. The van der Waals surface area contributed by atoms with Crippen molar-refractivity contribution in [2.24, 2.45) is 0 Å². The molecule has 0 unspecified atom stereocenters. The zero-order chi connectivity index (χ0) is 13.1. The minimum Gasteiger partial charge on any atom is -0.507 e. The van der Waals surface area contributed by atoms with Gasteiger partial charge in [-0.1, -0.05) is 12.1 Å². The molecule has 0 bridgehead atoms. The lowest BCUT2D eigenvalue weighted by atomic mass is 10.1. The van der Waals surface area contributed by atoms with E-state index < -0.39 is 0 Å². The van der Waals surface area contributed by atoms with Gasteiger partial charge in [0.1, 0.15) is 5.75 Å². The standard InChI is InChI=1S/C14H14N2O2/c1-10-4-3-5-12(13(10)17)14(18)16(2)11-6-8-15-9-7-11/h3-9,17H,1-2H3. The molecule has 2 aromatic rings. The molecule has 0 aliphatic heterocycles. The Morgan fingerprint density at radius 2 is 1.89 bits per heavy atom. The molecule has 0 fully saturated rings. The van der Waals surface area contributed by atoms with Gasteiger partial charge in [-0.3, -0.25) is 9.78 Å². The van der Waals surface area contributed by atoms with Crippen LogP contribution in [0.4, 0.5) is 5.69 Å². The fourth-order valence-corrected chi connectivity index (χ4v) is 1.70. The minimum absolute atomic E-state index is 0.0309. The number of phenols is 1. The van der Waals surface area contributed by atoms with Gasteiger partial charge in [-0.05, 0) is 30.7 Å². The van der Waals surface area contributed by atoms with Crippen molar-refractivity contribution in [3.63, 3.8) is 0 Å². The lowest BCUT2D eigenvalue weighted by Crippen LogP contribution is -2.26. The summed E-state index contributed by atoms with van der Waals surface area (Å²) in [4.78, 5) is 17.7. The molecule has 2 rings (SSSR count). The van der Waals surface area contributed by atoms with E-state index in [0.717, 1.165) is 5.69 Å². The van der Waals surface area contributed by atoms with Gasteiger partial charge in [0.05, 0.1) is 5.56 Å². The Hall–Kier alpha value is -2.36. The number of hydrogen-bond acceptors (Lipinski definition) is 3. The van der Waals surface area contributed by atoms with E-state index in [2.05, 4.69) is 4.98 Å². The molecule has 92 valence electrons. The highest BCUT2D eigenvalue weighted by Crippen LogP contribution is 2.24. The Morgan fingerprint density at radius 1 is 1.22 bits per heavy atom. The number of carbonyl (C=O) groups is 1. The molecular formula is C14H14N2O2. The van der Waals surface area contributed by atoms with Crippen LogP contribution in [0, 0.1) is 6.92 Å². The Balaban J connectivity index is 2.35. The molecule has 0 saturated carbocycles. The van der Waals surface area contributed by atoms with Gasteiger partial charge in [-0.2, -0.15) is 0 Å². The number of benzene rings is 1. The highest BCUT2D eigenvalue weighted by atomic mass is 16.3. The number of hydrogen-bond donors (Lipinski definition) is 1. The average molecular weight is 242 g/mol. The van der Waals surface area contributed by atoms with E-state index >= 15 is 0 Å². The first kappa shape index (κ1) is 12.1. The predicted molar refractivity (Wildman–Crippen MR) is 69.8 cm³/mol. The van der Waals surface area contributed by atoms with Crippen LogP contribution in [0.15, 0.2) is 42.7 Å².